The normalized spacial score (nSPS) is 26.4. The third-order valence-corrected chi connectivity index (χ3v) is 3.29. The summed E-state index contributed by atoms with van der Waals surface area (Å²) in [4.78, 5) is 0. The maximum atomic E-state index is 8.77. The highest BCUT2D eigenvalue weighted by atomic mass is 35.5. The predicted molar refractivity (Wildman–Crippen MR) is 59.1 cm³/mol. The molecule has 3 rings (SSSR count). The molecule has 0 heterocycles. The first-order valence-electron chi connectivity index (χ1n) is 4.95. The number of allylic oxidation sites excluding steroid dienone is 1. The molecular formula is C13H8ClN. The molecule has 2 heteroatoms. The minimum atomic E-state index is 0.146. The van der Waals surface area contributed by atoms with Gasteiger partial charge in [-0.25, -0.2) is 0 Å². The minimum absolute atomic E-state index is 0.146. The zero-order valence-electron chi connectivity index (χ0n) is 8.00. The van der Waals surface area contributed by atoms with E-state index in [0.717, 1.165) is 17.0 Å². The van der Waals surface area contributed by atoms with Gasteiger partial charge in [-0.3, -0.25) is 0 Å². The molecule has 0 spiro atoms. The number of hydrogen-bond acceptors (Lipinski definition) is 1. The first-order valence-corrected chi connectivity index (χ1v) is 5.32. The highest BCUT2D eigenvalue weighted by molar-refractivity contribution is 6.30. The van der Waals surface area contributed by atoms with Gasteiger partial charge < -0.3 is 0 Å². The second-order valence-electron chi connectivity index (χ2n) is 3.99. The molecule has 72 valence electrons. The summed E-state index contributed by atoms with van der Waals surface area (Å²) in [6.07, 6.45) is 0.952. The van der Waals surface area contributed by atoms with Gasteiger partial charge in [0.1, 0.15) is 0 Å². The van der Waals surface area contributed by atoms with Crippen molar-refractivity contribution in [1.82, 2.24) is 0 Å². The van der Waals surface area contributed by atoms with Crippen LogP contribution in [-0.4, -0.2) is 0 Å². The van der Waals surface area contributed by atoms with Crippen LogP contribution in [0.3, 0.4) is 0 Å². The summed E-state index contributed by atoms with van der Waals surface area (Å²) < 4.78 is 0. The Morgan fingerprint density at radius 3 is 2.93 bits per heavy atom. The number of benzene rings is 1. The molecule has 0 amide bonds. The van der Waals surface area contributed by atoms with E-state index in [4.69, 9.17) is 16.9 Å². The number of halogens is 1. The van der Waals surface area contributed by atoms with E-state index in [0.29, 0.717) is 5.92 Å². The molecule has 2 aliphatic carbocycles. The van der Waals surface area contributed by atoms with Crippen LogP contribution in [0.4, 0.5) is 0 Å². The van der Waals surface area contributed by atoms with Crippen LogP contribution in [0.1, 0.15) is 12.0 Å². The Balaban J connectivity index is 2.00. The smallest absolute Gasteiger partial charge is 0.0825 e. The zero-order chi connectivity index (χ0) is 10.4. The van der Waals surface area contributed by atoms with Gasteiger partial charge in [0.05, 0.1) is 12.0 Å². The number of nitrogens with zero attached hydrogens (tertiary/aromatic N) is 1. The summed E-state index contributed by atoms with van der Waals surface area (Å²) in [5.74, 6) is 0.594. The molecule has 1 aromatic rings. The maximum absolute atomic E-state index is 8.77. The molecule has 0 N–H and O–H groups in total. The Kier molecular flexibility index (Phi) is 1.76. The largest absolute Gasteiger partial charge is 0.198 e. The van der Waals surface area contributed by atoms with Gasteiger partial charge in [-0.1, -0.05) is 23.7 Å². The fourth-order valence-electron chi connectivity index (χ4n) is 2.19. The van der Waals surface area contributed by atoms with Crippen LogP contribution in [-0.2, 0) is 0 Å². The van der Waals surface area contributed by atoms with Crippen molar-refractivity contribution in [3.8, 4) is 6.07 Å². The molecule has 0 bridgehead atoms. The number of fused-ring (bicyclic) bond motifs is 1. The van der Waals surface area contributed by atoms with Crippen LogP contribution >= 0.6 is 11.6 Å². The van der Waals surface area contributed by atoms with Crippen LogP contribution in [0, 0.1) is 23.2 Å². The van der Waals surface area contributed by atoms with E-state index >= 15 is 0 Å². The summed E-state index contributed by atoms with van der Waals surface area (Å²) in [5.41, 5.74) is 6.85. The molecule has 2 aliphatic rings. The van der Waals surface area contributed by atoms with Crippen LogP contribution < -0.4 is 0 Å². The maximum Gasteiger partial charge on any atom is 0.0825 e. The van der Waals surface area contributed by atoms with Crippen molar-refractivity contribution < 1.29 is 0 Å². The molecule has 1 nitrogen and oxygen atoms in total. The SMILES string of the molecule is N#C[C@@H]1C2=C=C(c3cccc(Cl)c3)C[C@H]21. The van der Waals surface area contributed by atoms with E-state index in [-0.39, 0.29) is 5.92 Å². The highest BCUT2D eigenvalue weighted by Gasteiger charge is 2.47. The fraction of sp³-hybridized carbons (Fsp3) is 0.231. The Labute approximate surface area is 93.3 Å². The monoisotopic (exact) mass is 213 g/mol. The number of nitriles is 1. The topological polar surface area (TPSA) is 23.8 Å². The van der Waals surface area contributed by atoms with E-state index in [9.17, 15) is 0 Å². The average molecular weight is 214 g/mol. The predicted octanol–water partition coefficient (Wildman–Crippen LogP) is 3.42. The molecule has 0 aromatic heterocycles. The van der Waals surface area contributed by atoms with Crippen molar-refractivity contribution in [3.05, 3.63) is 46.2 Å². The van der Waals surface area contributed by atoms with Crippen LogP contribution in [0.15, 0.2) is 35.6 Å². The molecule has 1 aromatic carbocycles. The lowest BCUT2D eigenvalue weighted by Crippen LogP contribution is -1.86. The van der Waals surface area contributed by atoms with Gasteiger partial charge in [0.2, 0.25) is 0 Å². The van der Waals surface area contributed by atoms with E-state index in [1.54, 1.807) is 0 Å². The van der Waals surface area contributed by atoms with Crippen molar-refractivity contribution in [1.29, 1.82) is 5.26 Å². The minimum Gasteiger partial charge on any atom is -0.198 e. The molecular weight excluding hydrogens is 206 g/mol. The number of rotatable bonds is 1. The lowest BCUT2D eigenvalue weighted by atomic mass is 10.0. The molecule has 0 saturated heterocycles. The van der Waals surface area contributed by atoms with Gasteiger partial charge in [-0.05, 0) is 29.7 Å². The Morgan fingerprint density at radius 2 is 2.33 bits per heavy atom. The second kappa shape index (κ2) is 3.00. The third-order valence-electron chi connectivity index (χ3n) is 3.06. The van der Waals surface area contributed by atoms with E-state index in [2.05, 4.69) is 11.8 Å². The van der Waals surface area contributed by atoms with E-state index < -0.39 is 0 Å². The average Bonchev–Trinajstić information content (AvgIpc) is 2.70. The van der Waals surface area contributed by atoms with E-state index in [1.807, 2.05) is 24.3 Å². The zero-order valence-corrected chi connectivity index (χ0v) is 8.75. The van der Waals surface area contributed by atoms with Crippen molar-refractivity contribution in [3.63, 3.8) is 0 Å². The van der Waals surface area contributed by atoms with Crippen molar-refractivity contribution >= 4 is 17.2 Å². The first kappa shape index (κ1) is 8.80. The summed E-state index contributed by atoms with van der Waals surface area (Å²) in [6, 6.07) is 10.1. The van der Waals surface area contributed by atoms with Gasteiger partial charge >= 0.3 is 0 Å². The van der Waals surface area contributed by atoms with Gasteiger partial charge in [-0.15, -0.1) is 5.73 Å². The summed E-state index contributed by atoms with van der Waals surface area (Å²) in [6.45, 7) is 0. The van der Waals surface area contributed by atoms with Crippen LogP contribution in [0.2, 0.25) is 5.02 Å². The standard InChI is InChI=1S/C13H8ClN/c14-10-3-1-2-8(4-10)9-5-11-12(6-9)13(11)7-15/h1-4,11,13H,5H2/t11-,13+/m1/s1. The lowest BCUT2D eigenvalue weighted by Gasteiger charge is -2.02. The van der Waals surface area contributed by atoms with Gasteiger partial charge in [0, 0.05) is 16.5 Å². The molecule has 0 radical (unpaired) electrons. The molecule has 0 aliphatic heterocycles. The fourth-order valence-corrected chi connectivity index (χ4v) is 2.38. The third kappa shape index (κ3) is 1.31. The Hall–Kier alpha value is -1.48. The van der Waals surface area contributed by atoms with Gasteiger partial charge in [0.25, 0.3) is 0 Å². The van der Waals surface area contributed by atoms with Crippen molar-refractivity contribution in [2.24, 2.45) is 11.8 Å². The van der Waals surface area contributed by atoms with Crippen LogP contribution in [0.25, 0.3) is 5.57 Å². The first-order chi connectivity index (χ1) is 7.29. The summed E-state index contributed by atoms with van der Waals surface area (Å²) >= 11 is 5.93. The van der Waals surface area contributed by atoms with Crippen molar-refractivity contribution in [2.45, 2.75) is 6.42 Å². The molecule has 0 unspecified atom stereocenters. The Bertz CT molecular complexity index is 544. The van der Waals surface area contributed by atoms with Gasteiger partial charge in [-0.2, -0.15) is 5.26 Å². The molecule has 2 atom stereocenters. The second-order valence-corrected chi connectivity index (χ2v) is 4.42. The molecule has 1 fully saturated rings. The lowest BCUT2D eigenvalue weighted by molar-refractivity contribution is 0.839. The number of hydrogen-bond donors (Lipinski definition) is 0. The Morgan fingerprint density at radius 1 is 1.47 bits per heavy atom. The van der Waals surface area contributed by atoms with E-state index in [1.165, 1.54) is 11.1 Å². The summed E-state index contributed by atoms with van der Waals surface area (Å²) in [5, 5.41) is 9.53. The quantitative estimate of drug-likeness (QED) is 0.656. The van der Waals surface area contributed by atoms with Crippen molar-refractivity contribution in [2.75, 3.05) is 0 Å². The van der Waals surface area contributed by atoms with Crippen LogP contribution in [0.5, 0.6) is 0 Å². The molecule has 15 heavy (non-hydrogen) atoms. The molecule has 1 saturated carbocycles. The summed E-state index contributed by atoms with van der Waals surface area (Å²) in [7, 11) is 0. The highest BCUT2D eigenvalue weighted by Crippen LogP contribution is 2.54. The van der Waals surface area contributed by atoms with Gasteiger partial charge in [0.15, 0.2) is 0 Å².